The molecule has 0 aliphatic heterocycles. The molecule has 4 aromatic carbocycles. The zero-order chi connectivity index (χ0) is 20.3. The molecule has 0 aliphatic carbocycles. The smallest absolute Gasteiger partial charge is 0.336 e. The second kappa shape index (κ2) is 10.3. The van der Waals surface area contributed by atoms with Gasteiger partial charge in [-0.3, -0.25) is 0 Å². The first kappa shape index (κ1) is 23.5. The summed E-state index contributed by atoms with van der Waals surface area (Å²) < 4.78 is 1.78. The fraction of sp³-hybridized carbons (Fsp3) is 0. The van der Waals surface area contributed by atoms with Crippen LogP contribution in [0.5, 0.6) is 0 Å². The number of fused-ring (bicyclic) bond motifs is 2. The first-order valence-electron chi connectivity index (χ1n) is 8.20. The van der Waals surface area contributed by atoms with Gasteiger partial charge in [-0.15, -0.1) is 0 Å². The van der Waals surface area contributed by atoms with E-state index in [1.165, 1.54) is 0 Å². The number of hydrogen-bond acceptors (Lipinski definition) is 2. The maximum atomic E-state index is 10.9. The summed E-state index contributed by atoms with van der Waals surface area (Å²) in [4.78, 5) is 21.8. The minimum absolute atomic E-state index is 0. The Morgan fingerprint density at radius 3 is 1.34 bits per heavy atom. The quantitative estimate of drug-likeness (QED) is 0.250. The number of carboxylic acid groups (broad SMARTS) is 2. The van der Waals surface area contributed by atoms with Crippen LogP contribution in [0, 0.1) is 0 Å². The Bertz CT molecular complexity index is 1110. The van der Waals surface area contributed by atoms with Crippen molar-refractivity contribution >= 4 is 65.3 Å². The van der Waals surface area contributed by atoms with Crippen molar-refractivity contribution in [2.45, 2.75) is 0 Å². The van der Waals surface area contributed by atoms with E-state index in [0.717, 1.165) is 30.5 Å². The number of carbonyl (C=O) groups is 2. The minimum Gasteiger partial charge on any atom is -0.478 e. The Morgan fingerprint density at radius 1 is 0.621 bits per heavy atom. The molecule has 0 unspecified atom stereocenters. The molecule has 0 fully saturated rings. The van der Waals surface area contributed by atoms with Gasteiger partial charge < -0.3 is 10.2 Å². The summed E-state index contributed by atoms with van der Waals surface area (Å²) in [5.41, 5.74) is 0.674. The molecule has 2 N–H and O–H groups in total. The Labute approximate surface area is 204 Å². The molecule has 7 heteroatoms. The van der Waals surface area contributed by atoms with Gasteiger partial charge in [-0.2, -0.15) is 0 Å². The Kier molecular flexibility index (Phi) is 8.36. The molecule has 4 rings (SSSR count). The molecule has 4 aromatic rings. The van der Waals surface area contributed by atoms with Crippen LogP contribution in [0.1, 0.15) is 20.7 Å². The van der Waals surface area contributed by atoms with Crippen molar-refractivity contribution in [1.82, 2.24) is 0 Å². The fourth-order valence-electron chi connectivity index (χ4n) is 2.86. The average molecular weight is 615 g/mol. The molecule has 29 heavy (non-hydrogen) atoms. The predicted octanol–water partition coefficient (Wildman–Crippen LogP) is 6.60. The van der Waals surface area contributed by atoms with Crippen LogP contribution in [-0.2, 0) is 27.3 Å². The van der Waals surface area contributed by atoms with Crippen LogP contribution in [0.15, 0.2) is 81.7 Å². The standard InChI is InChI=1S/2C11H7BrO2.Cd/c2*12-8-5-4-7-2-1-3-9(11(13)14)10(7)6-8;/h2*1-6H,(H,13,14);. The van der Waals surface area contributed by atoms with E-state index in [2.05, 4.69) is 31.9 Å². The van der Waals surface area contributed by atoms with Crippen molar-refractivity contribution in [1.29, 1.82) is 0 Å². The third-order valence-corrected chi connectivity index (χ3v) is 5.14. The number of hydrogen-bond donors (Lipinski definition) is 2. The van der Waals surface area contributed by atoms with Crippen LogP contribution in [0.2, 0.25) is 0 Å². The molecule has 0 aliphatic rings. The first-order chi connectivity index (χ1) is 13.4. The van der Waals surface area contributed by atoms with Gasteiger partial charge in [-0.25, -0.2) is 9.59 Å². The molecule has 0 radical (unpaired) electrons. The molecule has 142 valence electrons. The summed E-state index contributed by atoms with van der Waals surface area (Å²) in [5, 5.41) is 21.3. The molecular weight excluding hydrogens is 600 g/mol. The SMILES string of the molecule is O=C(O)c1cccc2ccc(Br)cc12.O=C(O)c1cccc2ccc(Br)cc12.[Cd]. The maximum Gasteiger partial charge on any atom is 0.336 e. The van der Waals surface area contributed by atoms with E-state index in [1.807, 2.05) is 48.5 Å². The van der Waals surface area contributed by atoms with E-state index in [4.69, 9.17) is 10.2 Å². The van der Waals surface area contributed by atoms with Crippen LogP contribution in [0.3, 0.4) is 0 Å². The van der Waals surface area contributed by atoms with E-state index in [1.54, 1.807) is 24.3 Å². The van der Waals surface area contributed by atoms with Crippen LogP contribution in [0.4, 0.5) is 0 Å². The van der Waals surface area contributed by atoms with Gasteiger partial charge in [0.2, 0.25) is 0 Å². The molecule has 0 amide bonds. The number of benzene rings is 4. The zero-order valence-electron chi connectivity index (χ0n) is 15.1. The van der Waals surface area contributed by atoms with Crippen LogP contribution in [0.25, 0.3) is 21.5 Å². The molecule has 0 bridgehead atoms. The topological polar surface area (TPSA) is 74.6 Å². The van der Waals surface area contributed by atoms with Gasteiger partial charge in [0, 0.05) is 36.2 Å². The summed E-state index contributed by atoms with van der Waals surface area (Å²) >= 11 is 6.65. The van der Waals surface area contributed by atoms with Gasteiger partial charge in [-0.1, -0.05) is 68.3 Å². The van der Waals surface area contributed by atoms with Crippen molar-refractivity contribution in [3.05, 3.63) is 92.9 Å². The molecule has 0 aromatic heterocycles. The molecule has 0 spiro atoms. The van der Waals surface area contributed by atoms with Gasteiger partial charge >= 0.3 is 11.9 Å². The minimum atomic E-state index is -0.895. The second-order valence-corrected chi connectivity index (χ2v) is 7.78. The van der Waals surface area contributed by atoms with E-state index in [0.29, 0.717) is 11.1 Å². The van der Waals surface area contributed by atoms with E-state index in [-0.39, 0.29) is 27.3 Å². The average Bonchev–Trinajstić information content (AvgIpc) is 2.67. The van der Waals surface area contributed by atoms with Crippen molar-refractivity contribution in [2.75, 3.05) is 0 Å². The van der Waals surface area contributed by atoms with Gasteiger partial charge in [-0.05, 0) is 57.9 Å². The van der Waals surface area contributed by atoms with Crippen molar-refractivity contribution < 1.29 is 47.1 Å². The van der Waals surface area contributed by atoms with Gasteiger partial charge in [0.15, 0.2) is 0 Å². The van der Waals surface area contributed by atoms with Crippen LogP contribution < -0.4 is 0 Å². The summed E-state index contributed by atoms with van der Waals surface area (Å²) in [7, 11) is 0. The number of rotatable bonds is 2. The summed E-state index contributed by atoms with van der Waals surface area (Å²) in [5.74, 6) is -1.79. The van der Waals surface area contributed by atoms with Crippen molar-refractivity contribution in [3.8, 4) is 0 Å². The van der Waals surface area contributed by atoms with E-state index < -0.39 is 11.9 Å². The third kappa shape index (κ3) is 5.64. The van der Waals surface area contributed by atoms with Crippen LogP contribution >= 0.6 is 31.9 Å². The monoisotopic (exact) mass is 614 g/mol. The van der Waals surface area contributed by atoms with E-state index >= 15 is 0 Å². The fourth-order valence-corrected chi connectivity index (χ4v) is 3.58. The van der Waals surface area contributed by atoms with Gasteiger partial charge in [0.05, 0.1) is 11.1 Å². The van der Waals surface area contributed by atoms with Crippen LogP contribution in [-0.4, -0.2) is 22.2 Å². The van der Waals surface area contributed by atoms with Crippen molar-refractivity contribution in [2.24, 2.45) is 0 Å². The largest absolute Gasteiger partial charge is 0.478 e. The maximum absolute atomic E-state index is 10.9. The molecule has 4 nitrogen and oxygen atoms in total. The molecule has 0 saturated heterocycles. The summed E-state index contributed by atoms with van der Waals surface area (Å²) in [6, 6.07) is 21.7. The molecule has 0 saturated carbocycles. The Balaban J connectivity index is 0.000000200. The Morgan fingerprint density at radius 2 is 1.00 bits per heavy atom. The predicted molar refractivity (Wildman–Crippen MR) is 117 cm³/mol. The molecule has 0 heterocycles. The molecule has 0 atom stereocenters. The van der Waals surface area contributed by atoms with Gasteiger partial charge in [0.1, 0.15) is 0 Å². The van der Waals surface area contributed by atoms with Gasteiger partial charge in [0.25, 0.3) is 0 Å². The zero-order valence-corrected chi connectivity index (χ0v) is 22.3. The number of aromatic carboxylic acids is 2. The second-order valence-electron chi connectivity index (χ2n) is 5.95. The first-order valence-corrected chi connectivity index (χ1v) is 9.78. The Hall–Kier alpha value is -1.78. The van der Waals surface area contributed by atoms with E-state index in [9.17, 15) is 9.59 Å². The molecular formula is C22H14Br2CdO4. The number of halogens is 2. The third-order valence-electron chi connectivity index (χ3n) is 4.15. The normalized spacial score (nSPS) is 10.0. The van der Waals surface area contributed by atoms with Crippen molar-refractivity contribution in [3.63, 3.8) is 0 Å². The number of carboxylic acids is 2. The summed E-state index contributed by atoms with van der Waals surface area (Å²) in [6.07, 6.45) is 0. The summed E-state index contributed by atoms with van der Waals surface area (Å²) in [6.45, 7) is 0.